The first-order valence-electron chi connectivity index (χ1n) is 12.1. The summed E-state index contributed by atoms with van der Waals surface area (Å²) in [6.45, 7) is 4.14. The molecule has 1 unspecified atom stereocenters. The Labute approximate surface area is 195 Å². The number of hydrogen-bond donors (Lipinski definition) is 1. The summed E-state index contributed by atoms with van der Waals surface area (Å²) in [5.74, 6) is 1.38. The van der Waals surface area contributed by atoms with Gasteiger partial charge in [-0.25, -0.2) is 0 Å². The molecular weight excluding hydrogens is 406 g/mol. The third-order valence-electron chi connectivity index (χ3n) is 7.24. The predicted molar refractivity (Wildman–Crippen MR) is 134 cm³/mol. The van der Waals surface area contributed by atoms with E-state index >= 15 is 0 Å². The topological polar surface area (TPSA) is 32.7 Å². The van der Waals surface area contributed by atoms with Gasteiger partial charge in [-0.2, -0.15) is 0 Å². The van der Waals surface area contributed by atoms with Crippen LogP contribution in [0.25, 0.3) is 21.9 Å². The summed E-state index contributed by atoms with van der Waals surface area (Å²) in [5.41, 5.74) is 6.17. The molecule has 0 spiro atoms. The van der Waals surface area contributed by atoms with Gasteiger partial charge in [-0.15, -0.1) is 0 Å². The summed E-state index contributed by atoms with van der Waals surface area (Å²) >= 11 is 0. The summed E-state index contributed by atoms with van der Waals surface area (Å²) < 4.78 is 6.08. The number of ether oxygens (including phenoxy) is 1. The van der Waals surface area contributed by atoms with Crippen molar-refractivity contribution in [2.24, 2.45) is 0 Å². The molecule has 0 amide bonds. The molecule has 6 rings (SSSR count). The summed E-state index contributed by atoms with van der Waals surface area (Å²) in [6, 6.07) is 27.4. The maximum Gasteiger partial charge on any atom is 0.119 e. The molecule has 166 valence electrons. The molecule has 1 saturated heterocycles. The number of rotatable bonds is 5. The zero-order valence-electron chi connectivity index (χ0n) is 18.8. The number of phenols is 1. The first kappa shape index (κ1) is 20.3. The van der Waals surface area contributed by atoms with Gasteiger partial charge in [0.15, 0.2) is 0 Å². The number of aromatic hydroxyl groups is 1. The lowest BCUT2D eigenvalue weighted by atomic mass is 9.87. The summed E-state index contributed by atoms with van der Waals surface area (Å²) in [5, 5.41) is 12.7. The third kappa shape index (κ3) is 3.77. The smallest absolute Gasteiger partial charge is 0.119 e. The average Bonchev–Trinajstić information content (AvgIpc) is 3.19. The van der Waals surface area contributed by atoms with Gasteiger partial charge in [0.25, 0.3) is 0 Å². The fraction of sp³-hybridized carbons (Fsp3) is 0.267. The molecule has 2 aliphatic rings. The SMILES string of the molecule is Oc1ccc2c(c1)-c1ccc3ccccc3c1C2c1ccc(OCCN2CCCCC2)cc1. The van der Waals surface area contributed by atoms with Crippen LogP contribution in [0.4, 0.5) is 0 Å². The number of likely N-dealkylation sites (tertiary alicyclic amines) is 1. The highest BCUT2D eigenvalue weighted by Gasteiger charge is 2.31. The minimum Gasteiger partial charge on any atom is -0.508 e. The van der Waals surface area contributed by atoms with E-state index in [0.29, 0.717) is 5.75 Å². The van der Waals surface area contributed by atoms with Crippen molar-refractivity contribution in [1.82, 2.24) is 4.90 Å². The number of benzene rings is 4. The molecular formula is C30H29NO2. The highest BCUT2D eigenvalue weighted by atomic mass is 16.5. The largest absolute Gasteiger partial charge is 0.508 e. The van der Waals surface area contributed by atoms with Crippen LogP contribution in [-0.2, 0) is 0 Å². The van der Waals surface area contributed by atoms with Crippen molar-refractivity contribution in [3.8, 4) is 22.6 Å². The molecule has 0 radical (unpaired) electrons. The molecule has 1 fully saturated rings. The Hall–Kier alpha value is -3.30. The van der Waals surface area contributed by atoms with Gasteiger partial charge in [0, 0.05) is 12.5 Å². The van der Waals surface area contributed by atoms with E-state index in [9.17, 15) is 5.11 Å². The van der Waals surface area contributed by atoms with Gasteiger partial charge >= 0.3 is 0 Å². The van der Waals surface area contributed by atoms with Gasteiger partial charge in [0.2, 0.25) is 0 Å². The Morgan fingerprint density at radius 3 is 2.48 bits per heavy atom. The van der Waals surface area contributed by atoms with E-state index in [0.717, 1.165) is 24.5 Å². The predicted octanol–water partition coefficient (Wildman–Crippen LogP) is 6.57. The third-order valence-corrected chi connectivity index (χ3v) is 7.24. The highest BCUT2D eigenvalue weighted by Crippen LogP contribution is 2.51. The van der Waals surface area contributed by atoms with Crippen LogP contribution in [0.5, 0.6) is 11.5 Å². The Morgan fingerprint density at radius 1 is 0.818 bits per heavy atom. The number of hydrogen-bond acceptors (Lipinski definition) is 3. The van der Waals surface area contributed by atoms with Gasteiger partial charge in [0.05, 0.1) is 0 Å². The maximum absolute atomic E-state index is 10.2. The van der Waals surface area contributed by atoms with Crippen molar-refractivity contribution in [3.63, 3.8) is 0 Å². The molecule has 3 nitrogen and oxygen atoms in total. The molecule has 0 aromatic heterocycles. The molecule has 1 atom stereocenters. The molecule has 1 aliphatic carbocycles. The van der Waals surface area contributed by atoms with Crippen LogP contribution in [0.2, 0.25) is 0 Å². The van der Waals surface area contributed by atoms with Crippen molar-refractivity contribution in [2.75, 3.05) is 26.2 Å². The van der Waals surface area contributed by atoms with Crippen LogP contribution in [0, 0.1) is 0 Å². The lowest BCUT2D eigenvalue weighted by Gasteiger charge is -2.26. The molecule has 3 heteroatoms. The van der Waals surface area contributed by atoms with Gasteiger partial charge in [0.1, 0.15) is 18.1 Å². The van der Waals surface area contributed by atoms with Crippen molar-refractivity contribution in [1.29, 1.82) is 0 Å². The van der Waals surface area contributed by atoms with E-state index in [2.05, 4.69) is 71.6 Å². The first-order chi connectivity index (χ1) is 16.3. The minimum atomic E-state index is 0.143. The number of piperidine rings is 1. The zero-order chi connectivity index (χ0) is 22.2. The normalized spacial score (nSPS) is 17.6. The van der Waals surface area contributed by atoms with Crippen LogP contribution in [0.1, 0.15) is 41.9 Å². The van der Waals surface area contributed by atoms with Crippen molar-refractivity contribution >= 4 is 10.8 Å². The Balaban J connectivity index is 1.31. The number of nitrogens with zero attached hydrogens (tertiary/aromatic N) is 1. The van der Waals surface area contributed by atoms with Crippen molar-refractivity contribution < 1.29 is 9.84 Å². The van der Waals surface area contributed by atoms with E-state index in [1.165, 1.54) is 65.4 Å². The summed E-state index contributed by atoms with van der Waals surface area (Å²) in [7, 11) is 0. The zero-order valence-corrected chi connectivity index (χ0v) is 18.8. The standard InChI is InChI=1S/C30H29NO2/c32-23-11-15-26-28(20-23)27-14-10-21-6-2-3-7-25(21)30(27)29(26)22-8-12-24(13-9-22)33-19-18-31-16-4-1-5-17-31/h2-3,6-15,20,29,32H,1,4-5,16-19H2. The number of fused-ring (bicyclic) bond motifs is 5. The number of phenolic OH excluding ortho intramolecular Hbond substituents is 1. The Bertz CT molecular complexity index is 1290. The van der Waals surface area contributed by atoms with Crippen LogP contribution >= 0.6 is 0 Å². The van der Waals surface area contributed by atoms with Crippen LogP contribution in [0.15, 0.2) is 78.9 Å². The van der Waals surface area contributed by atoms with E-state index in [1.54, 1.807) is 6.07 Å². The van der Waals surface area contributed by atoms with Gasteiger partial charge in [-0.1, -0.05) is 61.0 Å². The Morgan fingerprint density at radius 2 is 1.64 bits per heavy atom. The van der Waals surface area contributed by atoms with Gasteiger partial charge < -0.3 is 9.84 Å². The van der Waals surface area contributed by atoms with Crippen LogP contribution < -0.4 is 4.74 Å². The highest BCUT2D eigenvalue weighted by molar-refractivity contribution is 5.97. The summed E-state index contributed by atoms with van der Waals surface area (Å²) in [4.78, 5) is 2.50. The molecule has 33 heavy (non-hydrogen) atoms. The molecule has 0 saturated carbocycles. The molecule has 1 N–H and O–H groups in total. The van der Waals surface area contributed by atoms with Gasteiger partial charge in [-0.05, 0) is 88.8 Å². The van der Waals surface area contributed by atoms with E-state index in [1.807, 2.05) is 6.07 Å². The lowest BCUT2D eigenvalue weighted by molar-refractivity contribution is 0.183. The van der Waals surface area contributed by atoms with Gasteiger partial charge in [-0.3, -0.25) is 4.90 Å². The average molecular weight is 436 g/mol. The van der Waals surface area contributed by atoms with E-state index in [4.69, 9.17) is 4.74 Å². The molecule has 4 aromatic carbocycles. The van der Waals surface area contributed by atoms with Crippen molar-refractivity contribution in [3.05, 3.63) is 95.6 Å². The molecule has 1 heterocycles. The fourth-order valence-corrected chi connectivity index (χ4v) is 5.60. The van der Waals surface area contributed by atoms with Crippen LogP contribution in [0.3, 0.4) is 0 Å². The second kappa shape index (κ2) is 8.57. The Kier molecular flexibility index (Phi) is 5.27. The van der Waals surface area contributed by atoms with Crippen molar-refractivity contribution in [2.45, 2.75) is 25.2 Å². The van der Waals surface area contributed by atoms with E-state index < -0.39 is 0 Å². The van der Waals surface area contributed by atoms with Crippen LogP contribution in [-0.4, -0.2) is 36.2 Å². The minimum absolute atomic E-state index is 0.143. The summed E-state index contributed by atoms with van der Waals surface area (Å²) in [6.07, 6.45) is 3.98. The molecule has 0 bridgehead atoms. The first-order valence-corrected chi connectivity index (χ1v) is 12.1. The molecule has 4 aromatic rings. The monoisotopic (exact) mass is 435 g/mol. The second-order valence-electron chi connectivity index (χ2n) is 9.27. The lowest BCUT2D eigenvalue weighted by Crippen LogP contribution is -2.33. The fourth-order valence-electron chi connectivity index (χ4n) is 5.60. The second-order valence-corrected chi connectivity index (χ2v) is 9.27. The molecule has 1 aliphatic heterocycles. The van der Waals surface area contributed by atoms with E-state index in [-0.39, 0.29) is 5.92 Å². The quantitative estimate of drug-likeness (QED) is 0.339. The maximum atomic E-state index is 10.2.